The van der Waals surface area contributed by atoms with Gasteiger partial charge < -0.3 is 0 Å². The summed E-state index contributed by atoms with van der Waals surface area (Å²) in [5, 5.41) is 0.0406. The number of halogens is 2. The molecule has 1 heterocycles. The van der Waals surface area contributed by atoms with Gasteiger partial charge in [0.2, 0.25) is 0 Å². The van der Waals surface area contributed by atoms with Crippen LogP contribution in [0.15, 0.2) is 12.3 Å². The summed E-state index contributed by atoms with van der Waals surface area (Å²) >= 11 is 5.49. The van der Waals surface area contributed by atoms with Crippen molar-refractivity contribution in [1.82, 2.24) is 4.98 Å². The van der Waals surface area contributed by atoms with Gasteiger partial charge in [-0.3, -0.25) is 4.79 Å². The Kier molecular flexibility index (Phi) is 7.75. The molecule has 1 saturated carbocycles. The van der Waals surface area contributed by atoms with Crippen LogP contribution in [0.3, 0.4) is 0 Å². The molecule has 0 radical (unpaired) electrons. The van der Waals surface area contributed by atoms with Crippen LogP contribution in [0.5, 0.6) is 0 Å². The molecule has 0 aliphatic heterocycles. The lowest BCUT2D eigenvalue weighted by Crippen LogP contribution is -1.96. The Morgan fingerprint density at radius 3 is 2.40 bits per heavy atom. The van der Waals surface area contributed by atoms with Gasteiger partial charge in [-0.2, -0.15) is 0 Å². The molecule has 1 aromatic rings. The molecule has 2 rings (SSSR count). The van der Waals surface area contributed by atoms with E-state index in [0.29, 0.717) is 0 Å². The highest BCUT2D eigenvalue weighted by Crippen LogP contribution is 2.24. The molecule has 1 aliphatic carbocycles. The Bertz CT molecular complexity index is 428. The molecular formula is C16H23ClFNO. The summed E-state index contributed by atoms with van der Waals surface area (Å²) in [6, 6.07) is 1.07. The molecule has 0 amide bonds. The summed E-state index contributed by atoms with van der Waals surface area (Å²) in [6.07, 6.45) is 11.4. The highest BCUT2D eigenvalue weighted by atomic mass is 35.5. The molecular weight excluding hydrogens is 277 g/mol. The van der Waals surface area contributed by atoms with E-state index in [2.05, 4.69) is 11.9 Å². The van der Waals surface area contributed by atoms with Gasteiger partial charge in [0, 0.05) is 0 Å². The first-order valence-corrected chi connectivity index (χ1v) is 7.74. The first-order chi connectivity index (χ1) is 9.54. The number of carbonyl (C=O) groups is 1. The fourth-order valence-electron chi connectivity index (χ4n) is 2.44. The SMILES string of the molecule is CC(=O)c1cc(F)cnc1Cl.CCC1CCCCCC1. The number of carbonyl (C=O) groups excluding carboxylic acids is 1. The van der Waals surface area contributed by atoms with Gasteiger partial charge in [0.15, 0.2) is 5.78 Å². The van der Waals surface area contributed by atoms with Crippen LogP contribution >= 0.6 is 11.6 Å². The van der Waals surface area contributed by atoms with Crippen molar-refractivity contribution >= 4 is 17.4 Å². The monoisotopic (exact) mass is 299 g/mol. The van der Waals surface area contributed by atoms with Crippen molar-refractivity contribution in [2.75, 3.05) is 0 Å². The maximum atomic E-state index is 12.4. The van der Waals surface area contributed by atoms with Crippen LogP contribution in [0.25, 0.3) is 0 Å². The molecule has 4 heteroatoms. The average Bonchev–Trinajstić information content (AvgIpc) is 2.70. The summed E-state index contributed by atoms with van der Waals surface area (Å²) in [4.78, 5) is 14.2. The summed E-state index contributed by atoms with van der Waals surface area (Å²) in [5.41, 5.74) is 0.117. The first-order valence-electron chi connectivity index (χ1n) is 7.36. The predicted octanol–water partition coefficient (Wildman–Crippen LogP) is 5.44. The van der Waals surface area contributed by atoms with Gasteiger partial charge in [-0.15, -0.1) is 0 Å². The van der Waals surface area contributed by atoms with E-state index in [1.54, 1.807) is 0 Å². The number of Topliss-reactive ketones (excluding diaryl/α,β-unsaturated/α-hetero) is 1. The topological polar surface area (TPSA) is 30.0 Å². The van der Waals surface area contributed by atoms with E-state index in [1.807, 2.05) is 0 Å². The Labute approximate surface area is 125 Å². The van der Waals surface area contributed by atoms with Crippen molar-refractivity contribution in [3.63, 3.8) is 0 Å². The molecule has 112 valence electrons. The van der Waals surface area contributed by atoms with E-state index < -0.39 is 5.82 Å². The fourth-order valence-corrected chi connectivity index (χ4v) is 2.68. The molecule has 0 spiro atoms. The van der Waals surface area contributed by atoms with Crippen LogP contribution in [-0.2, 0) is 0 Å². The predicted molar refractivity (Wildman–Crippen MR) is 80.7 cm³/mol. The van der Waals surface area contributed by atoms with Crippen molar-refractivity contribution in [3.05, 3.63) is 28.8 Å². The molecule has 1 aliphatic rings. The maximum Gasteiger partial charge on any atom is 0.163 e. The van der Waals surface area contributed by atoms with E-state index in [1.165, 1.54) is 51.9 Å². The Morgan fingerprint density at radius 1 is 1.35 bits per heavy atom. The molecule has 0 atom stereocenters. The van der Waals surface area contributed by atoms with E-state index in [0.717, 1.165) is 18.2 Å². The zero-order chi connectivity index (χ0) is 15.0. The second kappa shape index (κ2) is 9.06. The summed E-state index contributed by atoms with van der Waals surface area (Å²) < 4.78 is 12.4. The molecule has 1 fully saturated rings. The van der Waals surface area contributed by atoms with Gasteiger partial charge in [-0.25, -0.2) is 9.37 Å². The lowest BCUT2D eigenvalue weighted by molar-refractivity contribution is 0.101. The van der Waals surface area contributed by atoms with Crippen molar-refractivity contribution < 1.29 is 9.18 Å². The van der Waals surface area contributed by atoms with Gasteiger partial charge in [0.05, 0.1) is 11.8 Å². The summed E-state index contributed by atoms with van der Waals surface area (Å²) in [5.74, 6) is 0.231. The minimum absolute atomic E-state index is 0.0406. The zero-order valence-corrected chi connectivity index (χ0v) is 13.0. The van der Waals surface area contributed by atoms with E-state index in [9.17, 15) is 9.18 Å². The molecule has 1 aromatic heterocycles. The molecule has 0 bridgehead atoms. The van der Waals surface area contributed by atoms with Gasteiger partial charge in [0.1, 0.15) is 11.0 Å². The highest BCUT2D eigenvalue weighted by molar-refractivity contribution is 6.32. The Hall–Kier alpha value is -0.960. The third kappa shape index (κ3) is 6.00. The highest BCUT2D eigenvalue weighted by Gasteiger charge is 2.08. The normalized spacial score (nSPS) is 16.0. The molecule has 0 aromatic carbocycles. The van der Waals surface area contributed by atoms with E-state index >= 15 is 0 Å². The van der Waals surface area contributed by atoms with Crippen LogP contribution in [0.2, 0.25) is 5.15 Å². The molecule has 0 saturated heterocycles. The summed E-state index contributed by atoms with van der Waals surface area (Å²) in [7, 11) is 0. The van der Waals surface area contributed by atoms with Crippen LogP contribution in [0, 0.1) is 11.7 Å². The number of ketones is 1. The number of rotatable bonds is 2. The zero-order valence-electron chi connectivity index (χ0n) is 12.3. The van der Waals surface area contributed by atoms with Crippen molar-refractivity contribution in [2.24, 2.45) is 5.92 Å². The van der Waals surface area contributed by atoms with Crippen molar-refractivity contribution in [1.29, 1.82) is 0 Å². The number of hydrogen-bond acceptors (Lipinski definition) is 2. The molecule has 20 heavy (non-hydrogen) atoms. The lowest BCUT2D eigenvalue weighted by Gasteiger charge is -2.08. The van der Waals surface area contributed by atoms with Crippen LogP contribution < -0.4 is 0 Å². The van der Waals surface area contributed by atoms with Crippen molar-refractivity contribution in [3.8, 4) is 0 Å². The fraction of sp³-hybridized carbons (Fsp3) is 0.625. The minimum atomic E-state index is -0.556. The number of nitrogens with zero attached hydrogens (tertiary/aromatic N) is 1. The molecule has 0 unspecified atom stereocenters. The van der Waals surface area contributed by atoms with Gasteiger partial charge in [0.25, 0.3) is 0 Å². The van der Waals surface area contributed by atoms with E-state index in [-0.39, 0.29) is 16.5 Å². The van der Waals surface area contributed by atoms with Crippen molar-refractivity contribution in [2.45, 2.75) is 58.8 Å². The maximum absolute atomic E-state index is 12.4. The molecule has 2 nitrogen and oxygen atoms in total. The summed E-state index contributed by atoms with van der Waals surface area (Å²) in [6.45, 7) is 3.64. The number of pyridine rings is 1. The quantitative estimate of drug-likeness (QED) is 0.413. The third-order valence-corrected chi connectivity index (χ3v) is 4.04. The number of aromatic nitrogens is 1. The van der Waals surface area contributed by atoms with Crippen LogP contribution in [-0.4, -0.2) is 10.8 Å². The standard InChI is InChI=1S/C9H18.C7H5ClFNO/c1-2-9-7-5-3-4-6-8-9;1-4(11)6-2-5(9)3-10-7(6)8/h9H,2-8H2,1H3;2-3H,1H3. The van der Waals surface area contributed by atoms with Gasteiger partial charge in [-0.1, -0.05) is 63.5 Å². The second-order valence-electron chi connectivity index (χ2n) is 5.31. The molecule has 0 N–H and O–H groups in total. The third-order valence-electron chi connectivity index (χ3n) is 3.74. The van der Waals surface area contributed by atoms with Crippen LogP contribution in [0.1, 0.15) is 69.2 Å². The number of hydrogen-bond donors (Lipinski definition) is 0. The van der Waals surface area contributed by atoms with Gasteiger partial charge >= 0.3 is 0 Å². The second-order valence-corrected chi connectivity index (χ2v) is 5.67. The van der Waals surface area contributed by atoms with Gasteiger partial charge in [-0.05, 0) is 18.9 Å². The Balaban J connectivity index is 0.000000204. The Morgan fingerprint density at radius 2 is 1.95 bits per heavy atom. The minimum Gasteiger partial charge on any atom is -0.294 e. The van der Waals surface area contributed by atoms with Crippen LogP contribution in [0.4, 0.5) is 4.39 Å². The first kappa shape index (κ1) is 17.1. The lowest BCUT2D eigenvalue weighted by atomic mass is 9.98. The average molecular weight is 300 g/mol. The van der Waals surface area contributed by atoms with E-state index in [4.69, 9.17) is 11.6 Å². The smallest absolute Gasteiger partial charge is 0.163 e. The largest absolute Gasteiger partial charge is 0.294 e.